The molecule has 1 fully saturated rings. The van der Waals surface area contributed by atoms with Gasteiger partial charge in [0, 0.05) is 18.8 Å². The lowest BCUT2D eigenvalue weighted by Crippen LogP contribution is -2.38. The van der Waals surface area contributed by atoms with E-state index in [0.29, 0.717) is 6.54 Å². The number of carbonyl (C=O) groups is 1. The minimum Gasteiger partial charge on any atom is -0.377 e. The molecule has 1 aliphatic heterocycles. The highest BCUT2D eigenvalue weighted by Crippen LogP contribution is 2.19. The lowest BCUT2D eigenvalue weighted by molar-refractivity contribution is -0.135. The van der Waals surface area contributed by atoms with Crippen LogP contribution in [0, 0.1) is 0 Å². The summed E-state index contributed by atoms with van der Waals surface area (Å²) < 4.78 is 0. The van der Waals surface area contributed by atoms with Crippen LogP contribution in [0.1, 0.15) is 44.6 Å². The van der Waals surface area contributed by atoms with E-state index < -0.39 is 0 Å². The first-order valence-corrected chi connectivity index (χ1v) is 11.3. The number of hydroxylamine groups is 1. The predicted molar refractivity (Wildman–Crippen MR) is 124 cm³/mol. The highest BCUT2D eigenvalue weighted by Gasteiger charge is 2.14. The van der Waals surface area contributed by atoms with E-state index >= 15 is 0 Å². The van der Waals surface area contributed by atoms with Gasteiger partial charge < -0.3 is 16.0 Å². The Morgan fingerprint density at radius 1 is 1.26 bits per heavy atom. The zero-order valence-corrected chi connectivity index (χ0v) is 18.4. The average molecular weight is 426 g/mol. The molecule has 0 radical (unpaired) electrons. The number of hydrogen-bond acceptors (Lipinski definition) is 5. The number of amides is 1. The molecule has 1 heterocycles. The summed E-state index contributed by atoms with van der Waals surface area (Å²) in [5, 5.41) is 9.93. The summed E-state index contributed by atoms with van der Waals surface area (Å²) in [6.45, 7) is 4.46. The lowest BCUT2D eigenvalue weighted by Gasteiger charge is -2.21. The Bertz CT molecular complexity index is 769. The lowest BCUT2D eigenvalue weighted by atomic mass is 9.98. The van der Waals surface area contributed by atoms with E-state index in [1.807, 2.05) is 12.3 Å². The van der Waals surface area contributed by atoms with Crippen molar-refractivity contribution in [3.63, 3.8) is 0 Å². The first-order chi connectivity index (χ1) is 15.2. The molecule has 1 saturated carbocycles. The van der Waals surface area contributed by atoms with Crippen molar-refractivity contribution in [2.45, 2.75) is 57.6 Å². The maximum atomic E-state index is 11.9. The zero-order chi connectivity index (χ0) is 21.7. The molecule has 31 heavy (non-hydrogen) atoms. The molecule has 1 aliphatic carbocycles. The fourth-order valence-corrected chi connectivity index (χ4v) is 3.66. The van der Waals surface area contributed by atoms with Crippen LogP contribution in [0.2, 0.25) is 0 Å². The molecule has 1 amide bonds. The Balaban J connectivity index is 1.32. The molecule has 4 N–H and O–H groups in total. The van der Waals surface area contributed by atoms with Gasteiger partial charge in [0.05, 0.1) is 24.4 Å². The summed E-state index contributed by atoms with van der Waals surface area (Å²) >= 11 is 0. The highest BCUT2D eigenvalue weighted by molar-refractivity contribution is 5.88. The second kappa shape index (κ2) is 12.9. The van der Waals surface area contributed by atoms with Gasteiger partial charge in [0.2, 0.25) is 0 Å². The number of hydrogen-bond donors (Lipinski definition) is 4. The number of nitrogens with one attached hydrogen (secondary N) is 4. The maximum absolute atomic E-state index is 11.9. The van der Waals surface area contributed by atoms with Crippen molar-refractivity contribution < 1.29 is 9.63 Å². The van der Waals surface area contributed by atoms with Crippen LogP contribution in [0.4, 0.5) is 0 Å². The molecule has 1 aromatic rings. The molecule has 0 saturated heterocycles. The first-order valence-electron chi connectivity index (χ1n) is 11.3. The summed E-state index contributed by atoms with van der Waals surface area (Å²) in [7, 11) is 0. The van der Waals surface area contributed by atoms with Gasteiger partial charge in [-0.3, -0.25) is 14.6 Å². The number of nitrogens with zero attached hydrogens (tertiary/aromatic N) is 1. The molecule has 0 bridgehead atoms. The van der Waals surface area contributed by atoms with E-state index in [2.05, 4.69) is 52.6 Å². The van der Waals surface area contributed by atoms with Gasteiger partial charge in [-0.1, -0.05) is 49.6 Å². The zero-order valence-electron chi connectivity index (χ0n) is 18.4. The van der Waals surface area contributed by atoms with Gasteiger partial charge in [0.1, 0.15) is 5.84 Å². The Labute approximate surface area is 185 Å². The largest absolute Gasteiger partial charge is 0.377 e. The van der Waals surface area contributed by atoms with E-state index in [9.17, 15) is 4.79 Å². The van der Waals surface area contributed by atoms with Crippen LogP contribution in [0.15, 0.2) is 59.4 Å². The normalized spacial score (nSPS) is 19.5. The molecule has 7 nitrogen and oxygen atoms in total. The van der Waals surface area contributed by atoms with Crippen molar-refractivity contribution in [3.8, 4) is 0 Å². The van der Waals surface area contributed by atoms with E-state index in [0.717, 1.165) is 43.9 Å². The maximum Gasteiger partial charge on any atom is 0.267 e. The third-order valence-electron chi connectivity index (χ3n) is 5.40. The van der Waals surface area contributed by atoms with E-state index in [4.69, 9.17) is 9.83 Å². The third-order valence-corrected chi connectivity index (χ3v) is 5.40. The SMILES string of the molecule is CC(CNCCc1ccccc1)N=C1CNC(/C=C/C(=O)NOC2CCCCC2)=CN1. The molecule has 168 valence electrons. The van der Waals surface area contributed by atoms with Crippen LogP contribution in [-0.2, 0) is 16.1 Å². The minimum atomic E-state index is -0.247. The number of amidine groups is 1. The number of rotatable bonds is 10. The smallest absolute Gasteiger partial charge is 0.267 e. The van der Waals surface area contributed by atoms with Gasteiger partial charge >= 0.3 is 0 Å². The summed E-state index contributed by atoms with van der Waals surface area (Å²) in [5.41, 5.74) is 4.70. The fourth-order valence-electron chi connectivity index (χ4n) is 3.66. The van der Waals surface area contributed by atoms with Crippen molar-refractivity contribution in [2.24, 2.45) is 4.99 Å². The number of aliphatic imine (C=N–C) groups is 1. The van der Waals surface area contributed by atoms with E-state index in [-0.39, 0.29) is 18.1 Å². The Morgan fingerprint density at radius 2 is 2.06 bits per heavy atom. The number of allylic oxidation sites excluding steroid dienone is 1. The van der Waals surface area contributed by atoms with Gasteiger partial charge in [0.15, 0.2) is 0 Å². The minimum absolute atomic E-state index is 0.147. The molecular weight excluding hydrogens is 390 g/mol. The predicted octanol–water partition coefficient (Wildman–Crippen LogP) is 2.58. The van der Waals surface area contributed by atoms with Crippen LogP contribution >= 0.6 is 0 Å². The van der Waals surface area contributed by atoms with Gasteiger partial charge in [-0.15, -0.1) is 0 Å². The third kappa shape index (κ3) is 8.94. The van der Waals surface area contributed by atoms with Crippen molar-refractivity contribution in [2.75, 3.05) is 19.6 Å². The Morgan fingerprint density at radius 3 is 2.81 bits per heavy atom. The molecular formula is C24H35N5O2. The van der Waals surface area contributed by atoms with Gasteiger partial charge in [-0.05, 0) is 44.4 Å². The van der Waals surface area contributed by atoms with Gasteiger partial charge in [-0.2, -0.15) is 0 Å². The van der Waals surface area contributed by atoms with Crippen LogP contribution in [-0.4, -0.2) is 43.5 Å². The molecule has 1 unspecified atom stereocenters. The summed E-state index contributed by atoms with van der Waals surface area (Å²) in [5.74, 6) is 0.641. The van der Waals surface area contributed by atoms with Crippen LogP contribution in [0.3, 0.4) is 0 Å². The van der Waals surface area contributed by atoms with Crippen LogP contribution < -0.4 is 21.4 Å². The second-order valence-electron chi connectivity index (χ2n) is 8.14. The number of benzene rings is 1. The molecule has 3 rings (SSSR count). The monoisotopic (exact) mass is 425 g/mol. The molecule has 0 spiro atoms. The summed E-state index contributed by atoms with van der Waals surface area (Å²) in [4.78, 5) is 22.1. The Kier molecular flexibility index (Phi) is 9.60. The number of carbonyl (C=O) groups excluding carboxylic acids is 1. The highest BCUT2D eigenvalue weighted by atomic mass is 16.7. The van der Waals surface area contributed by atoms with Crippen molar-refractivity contribution in [1.29, 1.82) is 0 Å². The standard InChI is InChI=1S/C24H35N5O2/c1-19(16-25-15-14-20-8-4-2-5-9-20)28-23-18-26-21(17-27-23)12-13-24(30)29-31-22-10-6-3-7-11-22/h2,4-5,8-9,12-13,17,19,22,25-26H,3,6-7,10-11,14-16,18H2,1H3,(H,27,28)(H,29,30)/b13-12+. The van der Waals surface area contributed by atoms with Crippen molar-refractivity contribution in [3.05, 3.63) is 59.9 Å². The van der Waals surface area contributed by atoms with Crippen LogP contribution in [0.25, 0.3) is 0 Å². The van der Waals surface area contributed by atoms with Crippen molar-refractivity contribution >= 4 is 11.7 Å². The molecule has 0 aromatic heterocycles. The van der Waals surface area contributed by atoms with E-state index in [1.165, 1.54) is 30.9 Å². The molecule has 2 aliphatic rings. The average Bonchev–Trinajstić information content (AvgIpc) is 2.81. The van der Waals surface area contributed by atoms with Gasteiger partial charge in [0.25, 0.3) is 5.91 Å². The first kappa shape index (κ1) is 23.0. The quantitative estimate of drug-likeness (QED) is 0.263. The second-order valence-corrected chi connectivity index (χ2v) is 8.14. The Hall–Kier alpha value is -2.64. The summed E-state index contributed by atoms with van der Waals surface area (Å²) in [6, 6.07) is 10.6. The van der Waals surface area contributed by atoms with Crippen LogP contribution in [0.5, 0.6) is 0 Å². The molecule has 1 atom stereocenters. The summed E-state index contributed by atoms with van der Waals surface area (Å²) in [6.07, 6.45) is 11.8. The van der Waals surface area contributed by atoms with Gasteiger partial charge in [-0.25, -0.2) is 5.48 Å². The van der Waals surface area contributed by atoms with E-state index in [1.54, 1.807) is 6.08 Å². The molecule has 7 heteroatoms. The molecule has 1 aromatic carbocycles. The topological polar surface area (TPSA) is 86.8 Å². The van der Waals surface area contributed by atoms with Crippen molar-refractivity contribution in [1.82, 2.24) is 21.4 Å². The fraction of sp³-hybridized carbons (Fsp3) is 0.500.